The second-order valence-corrected chi connectivity index (χ2v) is 4.71. The number of benzene rings is 1. The highest BCUT2D eigenvalue weighted by atomic mass is 16.2. The minimum atomic E-state index is -0.128. The van der Waals surface area contributed by atoms with E-state index in [2.05, 4.69) is 10.2 Å². The van der Waals surface area contributed by atoms with E-state index in [1.165, 1.54) is 5.56 Å². The van der Waals surface area contributed by atoms with E-state index in [-0.39, 0.29) is 11.9 Å². The Morgan fingerprint density at radius 2 is 2.00 bits per heavy atom. The Balaban J connectivity index is 2.16. The van der Waals surface area contributed by atoms with Gasteiger partial charge in [0.05, 0.1) is 6.04 Å². The second-order valence-electron chi connectivity index (χ2n) is 4.71. The number of aryl methyl sites for hydroxylation is 1. The normalized spacial score (nSPS) is 12.2. The number of nitrogen functional groups attached to an aromatic ring is 1. The maximum Gasteiger partial charge on any atom is 0.272 e. The first kappa shape index (κ1) is 13.1. The fourth-order valence-corrected chi connectivity index (χ4v) is 1.88. The molecule has 100 valence electrons. The highest BCUT2D eigenvalue weighted by Crippen LogP contribution is 2.20. The first-order chi connectivity index (χ1) is 8.99. The van der Waals surface area contributed by atoms with Crippen molar-refractivity contribution < 1.29 is 4.79 Å². The van der Waals surface area contributed by atoms with E-state index in [1.54, 1.807) is 18.0 Å². The summed E-state index contributed by atoms with van der Waals surface area (Å²) >= 11 is 0. The van der Waals surface area contributed by atoms with Crippen molar-refractivity contribution in [2.75, 3.05) is 12.8 Å². The van der Waals surface area contributed by atoms with E-state index >= 15 is 0 Å². The predicted molar refractivity (Wildman–Crippen MR) is 74.7 cm³/mol. The van der Waals surface area contributed by atoms with Gasteiger partial charge in [-0.15, -0.1) is 0 Å². The van der Waals surface area contributed by atoms with E-state index in [4.69, 9.17) is 5.73 Å². The number of hydrogen-bond donors (Lipinski definition) is 2. The quantitative estimate of drug-likeness (QED) is 0.885. The third-order valence-corrected chi connectivity index (χ3v) is 3.29. The maximum absolute atomic E-state index is 12.2. The number of carbonyl (C=O) groups is 1. The number of aromatic nitrogens is 2. The topological polar surface area (TPSA) is 75.0 Å². The van der Waals surface area contributed by atoms with E-state index in [9.17, 15) is 4.79 Å². The minimum absolute atomic E-state index is 0.0161. The third-order valence-electron chi connectivity index (χ3n) is 3.29. The Hall–Kier alpha value is -2.30. The van der Waals surface area contributed by atoms with Gasteiger partial charge in [-0.25, -0.2) is 0 Å². The largest absolute Gasteiger partial charge is 0.382 e. The molecule has 1 aromatic carbocycles. The van der Waals surface area contributed by atoms with E-state index in [1.807, 2.05) is 38.1 Å². The number of nitrogens with two attached hydrogens (primary N) is 1. The molecule has 1 amide bonds. The highest BCUT2D eigenvalue weighted by Gasteiger charge is 2.20. The number of carbonyl (C=O) groups excluding carboxylic acids is 1. The van der Waals surface area contributed by atoms with Gasteiger partial charge < -0.3 is 10.6 Å². The summed E-state index contributed by atoms with van der Waals surface area (Å²) in [6.07, 6.45) is 0. The standard InChI is InChI=1S/C14H18N4O/c1-9-4-6-11(7-5-9)10(2)18(3)14(19)12-8-13(15)17-16-12/h4-8,10H,1-3H3,(H3,15,16,17). The molecule has 0 saturated carbocycles. The summed E-state index contributed by atoms with van der Waals surface area (Å²) in [5.41, 5.74) is 8.20. The molecule has 0 spiro atoms. The summed E-state index contributed by atoms with van der Waals surface area (Å²) in [4.78, 5) is 13.9. The summed E-state index contributed by atoms with van der Waals surface area (Å²) in [6, 6.07) is 9.67. The lowest BCUT2D eigenvalue weighted by atomic mass is 10.1. The second kappa shape index (κ2) is 5.14. The first-order valence-corrected chi connectivity index (χ1v) is 6.13. The van der Waals surface area contributed by atoms with Crippen molar-refractivity contribution in [3.8, 4) is 0 Å². The molecule has 0 bridgehead atoms. The number of aromatic amines is 1. The third kappa shape index (κ3) is 2.76. The zero-order valence-electron chi connectivity index (χ0n) is 11.3. The SMILES string of the molecule is Cc1ccc(C(C)N(C)C(=O)c2cc(N)n[nH]2)cc1. The van der Waals surface area contributed by atoms with Gasteiger partial charge in [0.2, 0.25) is 0 Å². The van der Waals surface area contributed by atoms with Crippen molar-refractivity contribution in [2.45, 2.75) is 19.9 Å². The summed E-state index contributed by atoms with van der Waals surface area (Å²) in [6.45, 7) is 4.03. The molecular weight excluding hydrogens is 240 g/mol. The van der Waals surface area contributed by atoms with E-state index < -0.39 is 0 Å². The van der Waals surface area contributed by atoms with E-state index in [0.29, 0.717) is 11.5 Å². The number of nitrogens with zero attached hydrogens (tertiary/aromatic N) is 2. The van der Waals surface area contributed by atoms with Gasteiger partial charge in [-0.1, -0.05) is 29.8 Å². The lowest BCUT2D eigenvalue weighted by Crippen LogP contribution is -2.29. The van der Waals surface area contributed by atoms with Crippen LogP contribution < -0.4 is 5.73 Å². The van der Waals surface area contributed by atoms with Gasteiger partial charge in [-0.05, 0) is 19.4 Å². The summed E-state index contributed by atoms with van der Waals surface area (Å²) < 4.78 is 0. The number of nitrogens with one attached hydrogen (secondary N) is 1. The molecule has 2 rings (SSSR count). The molecule has 19 heavy (non-hydrogen) atoms. The molecule has 3 N–H and O–H groups in total. The van der Waals surface area contributed by atoms with Crippen molar-refractivity contribution >= 4 is 11.7 Å². The van der Waals surface area contributed by atoms with E-state index in [0.717, 1.165) is 5.56 Å². The molecule has 1 atom stereocenters. The van der Waals surface area contributed by atoms with Crippen LogP contribution in [0, 0.1) is 6.92 Å². The van der Waals surface area contributed by atoms with Crippen LogP contribution in [0.3, 0.4) is 0 Å². The number of H-pyrrole nitrogens is 1. The zero-order chi connectivity index (χ0) is 14.0. The Morgan fingerprint density at radius 1 is 1.37 bits per heavy atom. The Morgan fingerprint density at radius 3 is 2.53 bits per heavy atom. The number of anilines is 1. The van der Waals surface area contributed by atoms with Crippen molar-refractivity contribution in [2.24, 2.45) is 0 Å². The van der Waals surface area contributed by atoms with Crippen molar-refractivity contribution in [1.29, 1.82) is 0 Å². The smallest absolute Gasteiger partial charge is 0.272 e. The number of amides is 1. The highest BCUT2D eigenvalue weighted by molar-refractivity contribution is 5.93. The monoisotopic (exact) mass is 258 g/mol. The van der Waals surface area contributed by atoms with Gasteiger partial charge in [0, 0.05) is 13.1 Å². The van der Waals surface area contributed by atoms with Crippen LogP contribution in [0.4, 0.5) is 5.82 Å². The van der Waals surface area contributed by atoms with Crippen molar-refractivity contribution in [3.05, 3.63) is 47.2 Å². The summed E-state index contributed by atoms with van der Waals surface area (Å²) in [5.74, 6) is 0.192. The fourth-order valence-electron chi connectivity index (χ4n) is 1.88. The number of hydrogen-bond acceptors (Lipinski definition) is 3. The van der Waals surface area contributed by atoms with Crippen LogP contribution in [-0.2, 0) is 0 Å². The maximum atomic E-state index is 12.2. The van der Waals surface area contributed by atoms with Crippen LogP contribution in [0.15, 0.2) is 30.3 Å². The lowest BCUT2D eigenvalue weighted by Gasteiger charge is -2.24. The van der Waals surface area contributed by atoms with Crippen LogP contribution in [-0.4, -0.2) is 28.1 Å². The van der Waals surface area contributed by atoms with Crippen LogP contribution in [0.2, 0.25) is 0 Å². The Kier molecular flexibility index (Phi) is 3.55. The molecule has 2 aromatic rings. The van der Waals surface area contributed by atoms with Crippen LogP contribution >= 0.6 is 0 Å². The zero-order valence-corrected chi connectivity index (χ0v) is 11.3. The van der Waals surface area contributed by atoms with Gasteiger partial charge in [0.1, 0.15) is 11.5 Å². The van der Waals surface area contributed by atoms with Gasteiger partial charge in [-0.2, -0.15) is 5.10 Å². The van der Waals surface area contributed by atoms with Gasteiger partial charge in [0.25, 0.3) is 5.91 Å². The summed E-state index contributed by atoms with van der Waals surface area (Å²) in [5, 5.41) is 6.40. The summed E-state index contributed by atoms with van der Waals surface area (Å²) in [7, 11) is 1.77. The number of rotatable bonds is 3. The molecule has 1 aromatic heterocycles. The molecule has 5 nitrogen and oxygen atoms in total. The molecule has 0 aliphatic rings. The predicted octanol–water partition coefficient (Wildman–Crippen LogP) is 2.13. The molecule has 0 saturated heterocycles. The molecule has 5 heteroatoms. The molecule has 0 fully saturated rings. The van der Waals surface area contributed by atoms with Gasteiger partial charge in [-0.3, -0.25) is 9.89 Å². The molecule has 0 aliphatic heterocycles. The Bertz CT molecular complexity index is 573. The van der Waals surface area contributed by atoms with Crippen LogP contribution in [0.25, 0.3) is 0 Å². The molecule has 0 aliphatic carbocycles. The molecule has 1 heterocycles. The van der Waals surface area contributed by atoms with Crippen LogP contribution in [0.1, 0.15) is 34.6 Å². The van der Waals surface area contributed by atoms with Crippen molar-refractivity contribution in [3.63, 3.8) is 0 Å². The van der Waals surface area contributed by atoms with Crippen molar-refractivity contribution in [1.82, 2.24) is 15.1 Å². The molecule has 0 radical (unpaired) electrons. The fraction of sp³-hybridized carbons (Fsp3) is 0.286. The first-order valence-electron chi connectivity index (χ1n) is 6.13. The molecule has 1 unspecified atom stereocenters. The average Bonchev–Trinajstić information content (AvgIpc) is 2.84. The Labute approximate surface area is 112 Å². The van der Waals surface area contributed by atoms with Crippen LogP contribution in [0.5, 0.6) is 0 Å². The van der Waals surface area contributed by atoms with Gasteiger partial charge >= 0.3 is 0 Å². The lowest BCUT2D eigenvalue weighted by molar-refractivity contribution is 0.0736. The minimum Gasteiger partial charge on any atom is -0.382 e. The average molecular weight is 258 g/mol. The molecular formula is C14H18N4O. The van der Waals surface area contributed by atoms with Gasteiger partial charge in [0.15, 0.2) is 0 Å².